The third kappa shape index (κ3) is 4.33. The lowest BCUT2D eigenvalue weighted by Crippen LogP contribution is -2.17. The number of thiophene rings is 1. The number of halogens is 4. The van der Waals surface area contributed by atoms with Crippen molar-refractivity contribution in [1.29, 1.82) is 0 Å². The van der Waals surface area contributed by atoms with Crippen molar-refractivity contribution in [2.24, 2.45) is 0 Å². The fourth-order valence-corrected chi connectivity index (χ4v) is 4.13. The van der Waals surface area contributed by atoms with Crippen molar-refractivity contribution in [3.05, 3.63) is 32.9 Å². The molecule has 0 saturated heterocycles. The van der Waals surface area contributed by atoms with Gasteiger partial charge in [0.15, 0.2) is 5.69 Å². The largest absolute Gasteiger partial charge is 0.465 e. The number of hydrogen-bond donors (Lipinski definition) is 1. The summed E-state index contributed by atoms with van der Waals surface area (Å²) in [6, 6.07) is 1.60. The van der Waals surface area contributed by atoms with Crippen LogP contribution in [-0.2, 0) is 22.3 Å². The van der Waals surface area contributed by atoms with E-state index < -0.39 is 28.8 Å². The number of nitrogens with one attached hydrogen (secondary N) is 1. The second-order valence-electron chi connectivity index (χ2n) is 6.43. The van der Waals surface area contributed by atoms with Crippen molar-refractivity contribution < 1.29 is 27.5 Å². The van der Waals surface area contributed by atoms with E-state index in [1.54, 1.807) is 13.0 Å². The maximum absolute atomic E-state index is 13.1. The SMILES string of the molecule is COC(=O)c1cc(C)sc1NC(=O)CCn1nc(C(F)(F)F)c(Cl)c1C1CC1. The molecule has 2 aromatic heterocycles. The third-order valence-electron chi connectivity index (χ3n) is 4.23. The van der Waals surface area contributed by atoms with E-state index in [1.165, 1.54) is 23.1 Å². The summed E-state index contributed by atoms with van der Waals surface area (Å²) < 4.78 is 45.1. The molecule has 2 heterocycles. The Balaban J connectivity index is 1.73. The molecule has 1 saturated carbocycles. The fourth-order valence-electron chi connectivity index (χ4n) is 2.82. The van der Waals surface area contributed by atoms with Crippen LogP contribution in [0.25, 0.3) is 0 Å². The molecular formula is C17H17ClF3N3O3S. The highest BCUT2D eigenvalue weighted by atomic mass is 35.5. The van der Waals surface area contributed by atoms with Gasteiger partial charge in [-0.1, -0.05) is 11.6 Å². The lowest BCUT2D eigenvalue weighted by Gasteiger charge is -2.08. The predicted molar refractivity (Wildman–Crippen MR) is 97.9 cm³/mol. The minimum absolute atomic E-state index is 0.0502. The molecule has 1 fully saturated rings. The number of carbonyl (C=O) groups excluding carboxylic acids is 2. The molecule has 3 rings (SSSR count). The van der Waals surface area contributed by atoms with Gasteiger partial charge in [-0.2, -0.15) is 18.3 Å². The zero-order valence-corrected chi connectivity index (χ0v) is 16.6. The number of nitrogens with zero attached hydrogens (tertiary/aromatic N) is 2. The highest BCUT2D eigenvalue weighted by Crippen LogP contribution is 2.46. The zero-order valence-electron chi connectivity index (χ0n) is 15.0. The zero-order chi connectivity index (χ0) is 20.6. The molecule has 0 spiro atoms. The number of rotatable bonds is 6. The fraction of sp³-hybridized carbons (Fsp3) is 0.471. The first kappa shape index (κ1) is 20.7. The van der Waals surface area contributed by atoms with Crippen molar-refractivity contribution >= 4 is 39.8 Å². The molecule has 11 heteroatoms. The number of amides is 1. The van der Waals surface area contributed by atoms with Gasteiger partial charge in [0.2, 0.25) is 5.91 Å². The molecule has 1 aliphatic carbocycles. The topological polar surface area (TPSA) is 73.2 Å². The average molecular weight is 436 g/mol. The summed E-state index contributed by atoms with van der Waals surface area (Å²) in [6.07, 6.45) is -3.29. The van der Waals surface area contributed by atoms with E-state index in [2.05, 4.69) is 15.2 Å². The molecule has 0 aliphatic heterocycles. The number of aromatic nitrogens is 2. The first-order valence-electron chi connectivity index (χ1n) is 8.43. The van der Waals surface area contributed by atoms with Crippen LogP contribution in [0.1, 0.15) is 51.8 Å². The molecule has 6 nitrogen and oxygen atoms in total. The van der Waals surface area contributed by atoms with Crippen LogP contribution < -0.4 is 5.32 Å². The first-order chi connectivity index (χ1) is 13.1. The maximum Gasteiger partial charge on any atom is 0.436 e. The van der Waals surface area contributed by atoms with Gasteiger partial charge >= 0.3 is 12.1 Å². The summed E-state index contributed by atoms with van der Waals surface area (Å²) in [5.74, 6) is -1.09. The smallest absolute Gasteiger partial charge is 0.436 e. The van der Waals surface area contributed by atoms with E-state index in [0.29, 0.717) is 10.7 Å². The number of ether oxygens (including phenoxy) is 1. The minimum atomic E-state index is -4.65. The Morgan fingerprint density at radius 3 is 2.68 bits per heavy atom. The van der Waals surface area contributed by atoms with Crippen molar-refractivity contribution in [3.63, 3.8) is 0 Å². The van der Waals surface area contributed by atoms with Gasteiger partial charge in [0.25, 0.3) is 0 Å². The summed E-state index contributed by atoms with van der Waals surface area (Å²) in [4.78, 5) is 24.9. The van der Waals surface area contributed by atoms with Gasteiger partial charge in [0, 0.05) is 17.2 Å². The van der Waals surface area contributed by atoms with Gasteiger partial charge in [0.1, 0.15) is 5.00 Å². The second kappa shape index (κ2) is 7.75. The molecule has 0 atom stereocenters. The lowest BCUT2D eigenvalue weighted by molar-refractivity contribution is -0.141. The molecule has 1 N–H and O–H groups in total. The van der Waals surface area contributed by atoms with Gasteiger partial charge in [-0.3, -0.25) is 9.48 Å². The highest BCUT2D eigenvalue weighted by molar-refractivity contribution is 7.16. The van der Waals surface area contributed by atoms with E-state index in [4.69, 9.17) is 11.6 Å². The van der Waals surface area contributed by atoms with Crippen LogP contribution in [0.5, 0.6) is 0 Å². The molecule has 0 unspecified atom stereocenters. The Bertz CT molecular complexity index is 919. The van der Waals surface area contributed by atoms with Gasteiger partial charge in [-0.05, 0) is 25.8 Å². The Hall–Kier alpha value is -2.07. The monoisotopic (exact) mass is 435 g/mol. The van der Waals surface area contributed by atoms with Crippen LogP contribution in [0.15, 0.2) is 6.07 Å². The second-order valence-corrected chi connectivity index (χ2v) is 8.07. The molecule has 1 aliphatic rings. The van der Waals surface area contributed by atoms with Crippen LogP contribution in [0, 0.1) is 6.92 Å². The van der Waals surface area contributed by atoms with Gasteiger partial charge in [0.05, 0.1) is 29.9 Å². The minimum Gasteiger partial charge on any atom is -0.465 e. The molecule has 1 amide bonds. The standard InChI is InChI=1S/C17H17ClF3N3O3S/c1-8-7-10(16(26)27-2)15(28-8)22-11(25)5-6-24-13(9-3-4-9)12(18)14(23-24)17(19,20)21/h7,9H,3-6H2,1-2H3,(H,22,25). The van der Waals surface area contributed by atoms with E-state index in [1.807, 2.05) is 0 Å². The van der Waals surface area contributed by atoms with Crippen LogP contribution in [0.2, 0.25) is 5.02 Å². The van der Waals surface area contributed by atoms with Crippen molar-refractivity contribution in [3.8, 4) is 0 Å². The van der Waals surface area contributed by atoms with E-state index in [0.717, 1.165) is 17.7 Å². The number of anilines is 1. The summed E-state index contributed by atoms with van der Waals surface area (Å²) in [7, 11) is 1.24. The summed E-state index contributed by atoms with van der Waals surface area (Å²) in [5, 5.41) is 6.16. The molecule has 2 aromatic rings. The number of hydrogen-bond acceptors (Lipinski definition) is 5. The number of esters is 1. The number of carbonyl (C=O) groups is 2. The highest BCUT2D eigenvalue weighted by Gasteiger charge is 2.42. The molecule has 152 valence electrons. The number of aryl methyl sites for hydroxylation is 2. The van der Waals surface area contributed by atoms with Crippen LogP contribution in [0.4, 0.5) is 18.2 Å². The lowest BCUT2D eigenvalue weighted by atomic mass is 10.2. The van der Waals surface area contributed by atoms with Gasteiger partial charge < -0.3 is 10.1 Å². The Labute approximate surface area is 167 Å². The van der Waals surface area contributed by atoms with Crippen molar-refractivity contribution in [2.75, 3.05) is 12.4 Å². The van der Waals surface area contributed by atoms with Crippen molar-refractivity contribution in [2.45, 2.75) is 44.8 Å². The summed E-state index contributed by atoms with van der Waals surface area (Å²) in [5.41, 5.74) is -0.569. The van der Waals surface area contributed by atoms with E-state index in [-0.39, 0.29) is 24.4 Å². The first-order valence-corrected chi connectivity index (χ1v) is 9.63. The van der Waals surface area contributed by atoms with Gasteiger partial charge in [-0.25, -0.2) is 4.79 Å². The molecule has 0 radical (unpaired) electrons. The summed E-state index contributed by atoms with van der Waals surface area (Å²) >= 11 is 7.13. The quantitative estimate of drug-likeness (QED) is 0.672. The van der Waals surface area contributed by atoms with Crippen LogP contribution in [0.3, 0.4) is 0 Å². The maximum atomic E-state index is 13.1. The Morgan fingerprint density at radius 2 is 2.11 bits per heavy atom. The summed E-state index contributed by atoms with van der Waals surface area (Å²) in [6.45, 7) is 1.73. The number of methoxy groups -OCH3 is 1. The Morgan fingerprint density at radius 1 is 1.43 bits per heavy atom. The molecule has 0 aromatic carbocycles. The number of alkyl halides is 3. The van der Waals surface area contributed by atoms with Gasteiger partial charge in [-0.15, -0.1) is 11.3 Å². The van der Waals surface area contributed by atoms with E-state index in [9.17, 15) is 22.8 Å². The normalized spacial score (nSPS) is 14.2. The Kier molecular flexibility index (Phi) is 5.72. The van der Waals surface area contributed by atoms with Crippen LogP contribution >= 0.6 is 22.9 Å². The van der Waals surface area contributed by atoms with Crippen LogP contribution in [-0.4, -0.2) is 28.8 Å². The third-order valence-corrected chi connectivity index (χ3v) is 5.57. The molecule has 28 heavy (non-hydrogen) atoms. The molecule has 0 bridgehead atoms. The van der Waals surface area contributed by atoms with E-state index >= 15 is 0 Å². The van der Waals surface area contributed by atoms with Crippen molar-refractivity contribution in [1.82, 2.24) is 9.78 Å². The average Bonchev–Trinajstić information content (AvgIpc) is 3.29. The molecular weight excluding hydrogens is 419 g/mol. The predicted octanol–water partition coefficient (Wildman–Crippen LogP) is 4.62.